The van der Waals surface area contributed by atoms with Gasteiger partial charge in [0.2, 0.25) is 11.2 Å². The maximum absolute atomic E-state index is 5.89. The lowest BCUT2D eigenvalue weighted by Gasteiger charge is -2.18. The maximum Gasteiger partial charge on any atom is 0.229 e. The minimum atomic E-state index is 0.314. The third kappa shape index (κ3) is 2.37. The first-order valence-corrected chi connectivity index (χ1v) is 5.78. The predicted molar refractivity (Wildman–Crippen MR) is 60.4 cm³/mol. The Morgan fingerprint density at radius 1 is 1.20 bits per heavy atom. The van der Waals surface area contributed by atoms with Gasteiger partial charge in [0.15, 0.2) is 0 Å². The van der Waals surface area contributed by atoms with E-state index in [0.29, 0.717) is 17.1 Å². The van der Waals surface area contributed by atoms with E-state index in [1.807, 2.05) is 0 Å². The summed E-state index contributed by atoms with van der Waals surface area (Å²) in [4.78, 5) is 14.9. The number of halogens is 1. The van der Waals surface area contributed by atoms with E-state index < -0.39 is 0 Å². The van der Waals surface area contributed by atoms with Crippen LogP contribution in [-0.2, 0) is 0 Å². The molecule has 0 amide bonds. The van der Waals surface area contributed by atoms with Gasteiger partial charge in [0.25, 0.3) is 0 Å². The van der Waals surface area contributed by atoms with Crippen molar-refractivity contribution in [1.82, 2.24) is 15.0 Å². The van der Waals surface area contributed by atoms with E-state index in [1.165, 1.54) is 12.8 Å². The Morgan fingerprint density at radius 3 is 2.40 bits per heavy atom. The molecule has 0 aromatic carbocycles. The second kappa shape index (κ2) is 4.31. The number of hydrogen-bond donors (Lipinski definition) is 0. The molecule has 1 fully saturated rings. The van der Waals surface area contributed by atoms with Crippen LogP contribution < -0.4 is 4.90 Å². The molecule has 0 unspecified atom stereocenters. The van der Waals surface area contributed by atoms with Gasteiger partial charge in [0.1, 0.15) is 5.82 Å². The Kier molecular flexibility index (Phi) is 3.05. The fourth-order valence-corrected chi connectivity index (χ4v) is 1.69. The van der Waals surface area contributed by atoms with Crippen molar-refractivity contribution in [2.45, 2.75) is 32.6 Å². The molecule has 4 nitrogen and oxygen atoms in total. The van der Waals surface area contributed by atoms with Crippen LogP contribution in [0.3, 0.4) is 0 Å². The van der Waals surface area contributed by atoms with Crippen LogP contribution in [0.1, 0.15) is 38.4 Å². The third-order valence-electron chi connectivity index (χ3n) is 2.60. The normalized spacial score (nSPS) is 15.4. The lowest BCUT2D eigenvalue weighted by atomic mass is 10.4. The van der Waals surface area contributed by atoms with Gasteiger partial charge in [-0.25, -0.2) is 4.98 Å². The van der Waals surface area contributed by atoms with Crippen molar-refractivity contribution >= 4 is 17.5 Å². The number of rotatable bonds is 4. The summed E-state index contributed by atoms with van der Waals surface area (Å²) in [5.74, 6) is 2.08. The highest BCUT2D eigenvalue weighted by molar-refractivity contribution is 6.28. The molecule has 5 heteroatoms. The van der Waals surface area contributed by atoms with Gasteiger partial charge in [0.05, 0.1) is 0 Å². The monoisotopic (exact) mass is 226 g/mol. The zero-order valence-corrected chi connectivity index (χ0v) is 9.83. The Balaban J connectivity index is 2.29. The van der Waals surface area contributed by atoms with Crippen LogP contribution in [0.2, 0.25) is 5.28 Å². The Morgan fingerprint density at radius 2 is 1.87 bits per heavy atom. The summed E-state index contributed by atoms with van der Waals surface area (Å²) in [7, 11) is 0. The minimum Gasteiger partial charge on any atom is -0.341 e. The van der Waals surface area contributed by atoms with E-state index in [9.17, 15) is 0 Å². The summed E-state index contributed by atoms with van der Waals surface area (Å²) in [6, 6.07) is 0. The van der Waals surface area contributed by atoms with Crippen molar-refractivity contribution in [3.8, 4) is 0 Å². The average Bonchev–Trinajstić information content (AvgIpc) is 3.02. The van der Waals surface area contributed by atoms with E-state index in [4.69, 9.17) is 11.6 Å². The molecule has 1 aromatic heterocycles. The quantitative estimate of drug-likeness (QED) is 0.790. The standard InChI is InChI=1S/C10H15ClN4/c1-3-15(4-2)10-13-8(7-5-6-7)12-9(11)14-10/h7H,3-6H2,1-2H3. The summed E-state index contributed by atoms with van der Waals surface area (Å²) < 4.78 is 0. The van der Waals surface area contributed by atoms with Crippen molar-refractivity contribution in [1.29, 1.82) is 0 Å². The van der Waals surface area contributed by atoms with E-state index in [1.54, 1.807) is 0 Å². The van der Waals surface area contributed by atoms with Gasteiger partial charge < -0.3 is 4.90 Å². The Labute approximate surface area is 94.7 Å². The molecule has 0 saturated heterocycles. The topological polar surface area (TPSA) is 41.9 Å². The zero-order chi connectivity index (χ0) is 10.8. The molecule has 2 rings (SSSR count). The zero-order valence-electron chi connectivity index (χ0n) is 9.07. The van der Waals surface area contributed by atoms with Crippen LogP contribution in [0.4, 0.5) is 5.95 Å². The van der Waals surface area contributed by atoms with Crippen LogP contribution in [-0.4, -0.2) is 28.0 Å². The van der Waals surface area contributed by atoms with E-state index in [-0.39, 0.29) is 0 Å². The van der Waals surface area contributed by atoms with Crippen molar-refractivity contribution < 1.29 is 0 Å². The van der Waals surface area contributed by atoms with Crippen LogP contribution in [0.5, 0.6) is 0 Å². The first-order valence-electron chi connectivity index (χ1n) is 5.41. The smallest absolute Gasteiger partial charge is 0.229 e. The molecule has 0 radical (unpaired) electrons. The average molecular weight is 227 g/mol. The van der Waals surface area contributed by atoms with Crippen LogP contribution in [0.15, 0.2) is 0 Å². The SMILES string of the molecule is CCN(CC)c1nc(Cl)nc(C2CC2)n1. The number of hydrogen-bond acceptors (Lipinski definition) is 4. The van der Waals surface area contributed by atoms with E-state index >= 15 is 0 Å². The number of aromatic nitrogens is 3. The molecule has 0 bridgehead atoms. The largest absolute Gasteiger partial charge is 0.341 e. The highest BCUT2D eigenvalue weighted by Gasteiger charge is 2.28. The summed E-state index contributed by atoms with van der Waals surface area (Å²) in [5, 5.41) is 0.314. The molecule has 0 atom stereocenters. The second-order valence-electron chi connectivity index (χ2n) is 3.71. The van der Waals surface area contributed by atoms with E-state index in [0.717, 1.165) is 18.9 Å². The van der Waals surface area contributed by atoms with Crippen molar-refractivity contribution in [2.75, 3.05) is 18.0 Å². The van der Waals surface area contributed by atoms with Crippen LogP contribution in [0, 0.1) is 0 Å². The first-order chi connectivity index (χ1) is 7.24. The predicted octanol–water partition coefficient (Wildman–Crippen LogP) is 2.25. The number of anilines is 1. The van der Waals surface area contributed by atoms with Crippen molar-refractivity contribution in [2.24, 2.45) is 0 Å². The molecule has 1 aliphatic carbocycles. The first kappa shape index (κ1) is 10.6. The van der Waals surface area contributed by atoms with Gasteiger partial charge in [-0.2, -0.15) is 9.97 Å². The van der Waals surface area contributed by atoms with Gasteiger partial charge in [0, 0.05) is 19.0 Å². The van der Waals surface area contributed by atoms with Crippen LogP contribution in [0.25, 0.3) is 0 Å². The fourth-order valence-electron chi connectivity index (χ4n) is 1.53. The molecule has 82 valence electrons. The lowest BCUT2D eigenvalue weighted by Crippen LogP contribution is -2.25. The lowest BCUT2D eigenvalue weighted by molar-refractivity contribution is 0.786. The highest BCUT2D eigenvalue weighted by atomic mass is 35.5. The molecule has 1 heterocycles. The molecule has 1 aromatic rings. The molecular weight excluding hydrogens is 212 g/mol. The fraction of sp³-hybridized carbons (Fsp3) is 0.700. The molecule has 0 aliphatic heterocycles. The Hall–Kier alpha value is -0.900. The molecule has 0 spiro atoms. The van der Waals surface area contributed by atoms with Gasteiger partial charge in [-0.1, -0.05) is 0 Å². The Bertz CT molecular complexity index is 347. The second-order valence-corrected chi connectivity index (χ2v) is 4.05. The third-order valence-corrected chi connectivity index (χ3v) is 2.77. The van der Waals surface area contributed by atoms with Crippen molar-refractivity contribution in [3.63, 3.8) is 0 Å². The van der Waals surface area contributed by atoms with Gasteiger partial charge in [-0.3, -0.25) is 0 Å². The molecule has 0 N–H and O–H groups in total. The molecule has 15 heavy (non-hydrogen) atoms. The van der Waals surface area contributed by atoms with E-state index in [2.05, 4.69) is 33.7 Å². The summed E-state index contributed by atoms with van der Waals surface area (Å²) >= 11 is 5.89. The molecule has 1 saturated carbocycles. The van der Waals surface area contributed by atoms with Crippen molar-refractivity contribution in [3.05, 3.63) is 11.1 Å². The summed E-state index contributed by atoms with van der Waals surface area (Å²) in [6.07, 6.45) is 2.36. The maximum atomic E-state index is 5.89. The number of nitrogens with zero attached hydrogens (tertiary/aromatic N) is 4. The molecule has 1 aliphatic rings. The summed E-state index contributed by atoms with van der Waals surface area (Å²) in [5.41, 5.74) is 0. The van der Waals surface area contributed by atoms with Gasteiger partial charge in [-0.05, 0) is 38.3 Å². The van der Waals surface area contributed by atoms with Gasteiger partial charge >= 0.3 is 0 Å². The molecular formula is C10H15ClN4. The van der Waals surface area contributed by atoms with Gasteiger partial charge in [-0.15, -0.1) is 0 Å². The minimum absolute atomic E-state index is 0.314. The summed E-state index contributed by atoms with van der Waals surface area (Å²) in [6.45, 7) is 5.94. The highest BCUT2D eigenvalue weighted by Crippen LogP contribution is 2.38. The van der Waals surface area contributed by atoms with Crippen LogP contribution >= 0.6 is 11.6 Å².